The van der Waals surface area contributed by atoms with Gasteiger partial charge in [-0.3, -0.25) is 4.79 Å². The van der Waals surface area contributed by atoms with Crippen LogP contribution in [0.5, 0.6) is 0 Å². The van der Waals surface area contributed by atoms with Crippen LogP contribution in [0.25, 0.3) is 11.3 Å². The smallest absolute Gasteiger partial charge is 0.273 e. The van der Waals surface area contributed by atoms with Gasteiger partial charge in [-0.25, -0.2) is 4.39 Å². The van der Waals surface area contributed by atoms with Crippen molar-refractivity contribution in [1.82, 2.24) is 10.5 Å². The summed E-state index contributed by atoms with van der Waals surface area (Å²) >= 11 is 0. The third-order valence-electron chi connectivity index (χ3n) is 2.67. The highest BCUT2D eigenvalue weighted by Crippen LogP contribution is 2.20. The SMILES string of the molecule is COC[C@H](C)NC(=O)c1cc(-c2ccc(F)cc2)on1. The van der Waals surface area contributed by atoms with E-state index in [0.29, 0.717) is 17.9 Å². The summed E-state index contributed by atoms with van der Waals surface area (Å²) in [4.78, 5) is 11.9. The summed E-state index contributed by atoms with van der Waals surface area (Å²) in [6.45, 7) is 2.23. The van der Waals surface area contributed by atoms with E-state index < -0.39 is 0 Å². The highest BCUT2D eigenvalue weighted by molar-refractivity contribution is 5.93. The zero-order valence-corrected chi connectivity index (χ0v) is 11.2. The minimum absolute atomic E-state index is 0.126. The Kier molecular flexibility index (Phi) is 4.47. The molecule has 0 aliphatic heterocycles. The van der Waals surface area contributed by atoms with Gasteiger partial charge in [0.05, 0.1) is 6.61 Å². The number of ether oxygens (including phenoxy) is 1. The first kappa shape index (κ1) is 14.2. The van der Waals surface area contributed by atoms with Crippen LogP contribution >= 0.6 is 0 Å². The monoisotopic (exact) mass is 278 g/mol. The van der Waals surface area contributed by atoms with Gasteiger partial charge in [-0.05, 0) is 31.2 Å². The van der Waals surface area contributed by atoms with Crippen molar-refractivity contribution in [3.8, 4) is 11.3 Å². The van der Waals surface area contributed by atoms with Gasteiger partial charge in [-0.15, -0.1) is 0 Å². The maximum atomic E-state index is 12.8. The van der Waals surface area contributed by atoms with Gasteiger partial charge in [-0.1, -0.05) is 5.16 Å². The standard InChI is InChI=1S/C14H15FN2O3/c1-9(8-19-2)16-14(18)12-7-13(20-17-12)10-3-5-11(15)6-4-10/h3-7,9H,8H2,1-2H3,(H,16,18)/t9-/m0/s1. The number of benzene rings is 1. The Morgan fingerprint density at radius 1 is 1.45 bits per heavy atom. The van der Waals surface area contributed by atoms with Crippen molar-refractivity contribution in [3.05, 3.63) is 41.8 Å². The number of carbonyl (C=O) groups is 1. The summed E-state index contributed by atoms with van der Waals surface area (Å²) in [5, 5.41) is 6.43. The molecule has 0 saturated heterocycles. The molecule has 1 atom stereocenters. The molecular weight excluding hydrogens is 263 g/mol. The Hall–Kier alpha value is -2.21. The van der Waals surface area contributed by atoms with Crippen molar-refractivity contribution in [1.29, 1.82) is 0 Å². The van der Waals surface area contributed by atoms with Crippen LogP contribution in [-0.2, 0) is 4.74 Å². The molecule has 0 spiro atoms. The molecule has 20 heavy (non-hydrogen) atoms. The number of nitrogens with one attached hydrogen (secondary N) is 1. The zero-order valence-electron chi connectivity index (χ0n) is 11.2. The van der Waals surface area contributed by atoms with Crippen LogP contribution in [0.3, 0.4) is 0 Å². The van der Waals surface area contributed by atoms with Gasteiger partial charge in [0, 0.05) is 24.8 Å². The van der Waals surface area contributed by atoms with E-state index in [4.69, 9.17) is 9.26 Å². The van der Waals surface area contributed by atoms with E-state index in [9.17, 15) is 9.18 Å². The van der Waals surface area contributed by atoms with Gasteiger partial charge in [0.15, 0.2) is 11.5 Å². The molecule has 2 rings (SSSR count). The Labute approximate surface area is 115 Å². The maximum absolute atomic E-state index is 12.8. The number of carbonyl (C=O) groups excluding carboxylic acids is 1. The number of aromatic nitrogens is 1. The lowest BCUT2D eigenvalue weighted by Crippen LogP contribution is -2.35. The van der Waals surface area contributed by atoms with Gasteiger partial charge < -0.3 is 14.6 Å². The molecule has 2 aromatic rings. The van der Waals surface area contributed by atoms with Crippen LogP contribution in [0.2, 0.25) is 0 Å². The highest BCUT2D eigenvalue weighted by Gasteiger charge is 2.15. The fraction of sp³-hybridized carbons (Fsp3) is 0.286. The van der Waals surface area contributed by atoms with Gasteiger partial charge in [-0.2, -0.15) is 0 Å². The number of nitrogens with zero attached hydrogens (tertiary/aromatic N) is 1. The van der Waals surface area contributed by atoms with Crippen molar-refractivity contribution in [2.45, 2.75) is 13.0 Å². The second-order valence-corrected chi connectivity index (χ2v) is 4.41. The Balaban J connectivity index is 2.08. The van der Waals surface area contributed by atoms with Crippen LogP contribution in [0.1, 0.15) is 17.4 Å². The molecule has 0 saturated carbocycles. The van der Waals surface area contributed by atoms with Crippen molar-refractivity contribution in [2.75, 3.05) is 13.7 Å². The fourth-order valence-corrected chi connectivity index (χ4v) is 1.72. The van der Waals surface area contributed by atoms with Crippen LogP contribution in [0, 0.1) is 5.82 Å². The first-order valence-electron chi connectivity index (χ1n) is 6.12. The highest BCUT2D eigenvalue weighted by atomic mass is 19.1. The molecule has 6 heteroatoms. The van der Waals surface area contributed by atoms with Crippen LogP contribution in [0.15, 0.2) is 34.9 Å². The second-order valence-electron chi connectivity index (χ2n) is 4.41. The molecule has 0 radical (unpaired) electrons. The molecule has 1 aromatic heterocycles. The molecule has 0 aliphatic carbocycles. The minimum Gasteiger partial charge on any atom is -0.383 e. The number of hydrogen-bond donors (Lipinski definition) is 1. The number of methoxy groups -OCH3 is 1. The molecule has 1 aromatic carbocycles. The molecule has 0 bridgehead atoms. The van der Waals surface area contributed by atoms with Crippen molar-refractivity contribution in [2.24, 2.45) is 0 Å². The lowest BCUT2D eigenvalue weighted by atomic mass is 10.1. The van der Waals surface area contributed by atoms with E-state index >= 15 is 0 Å². The van der Waals surface area contributed by atoms with Crippen LogP contribution in [-0.4, -0.2) is 30.8 Å². The number of halogens is 1. The third-order valence-corrected chi connectivity index (χ3v) is 2.67. The molecular formula is C14H15FN2O3. The van der Waals surface area contributed by atoms with E-state index in [1.54, 1.807) is 19.2 Å². The van der Waals surface area contributed by atoms with Gasteiger partial charge in [0.2, 0.25) is 0 Å². The quantitative estimate of drug-likeness (QED) is 0.911. The predicted octanol–water partition coefficient (Wildman–Crippen LogP) is 2.25. The number of amides is 1. The zero-order chi connectivity index (χ0) is 14.5. The Morgan fingerprint density at radius 3 is 2.80 bits per heavy atom. The summed E-state index contributed by atoms with van der Waals surface area (Å²) in [5.41, 5.74) is 0.829. The lowest BCUT2D eigenvalue weighted by molar-refractivity contribution is 0.0896. The Bertz CT molecular complexity index is 580. The fourth-order valence-electron chi connectivity index (χ4n) is 1.72. The van der Waals surface area contributed by atoms with E-state index in [0.717, 1.165) is 0 Å². The first-order valence-corrected chi connectivity index (χ1v) is 6.12. The third kappa shape index (κ3) is 3.42. The molecule has 106 valence electrons. The van der Waals surface area contributed by atoms with Crippen molar-refractivity contribution in [3.63, 3.8) is 0 Å². The number of rotatable bonds is 5. The molecule has 0 fully saturated rings. The molecule has 1 amide bonds. The van der Waals surface area contributed by atoms with E-state index in [1.165, 1.54) is 18.2 Å². The largest absolute Gasteiger partial charge is 0.383 e. The molecule has 1 N–H and O–H groups in total. The molecule has 0 aliphatic rings. The van der Waals surface area contributed by atoms with E-state index in [1.807, 2.05) is 6.92 Å². The summed E-state index contributed by atoms with van der Waals surface area (Å²) in [5.74, 6) is -0.263. The van der Waals surface area contributed by atoms with Gasteiger partial charge in [0.25, 0.3) is 5.91 Å². The first-order chi connectivity index (χ1) is 9.60. The minimum atomic E-state index is -0.341. The van der Waals surface area contributed by atoms with E-state index in [2.05, 4.69) is 10.5 Å². The normalized spacial score (nSPS) is 12.2. The summed E-state index contributed by atoms with van der Waals surface area (Å²) in [6.07, 6.45) is 0. The molecule has 1 heterocycles. The molecule has 0 unspecified atom stereocenters. The summed E-state index contributed by atoms with van der Waals surface area (Å²) in [7, 11) is 1.56. The van der Waals surface area contributed by atoms with Crippen LogP contribution < -0.4 is 5.32 Å². The number of hydrogen-bond acceptors (Lipinski definition) is 4. The summed E-state index contributed by atoms with van der Waals surface area (Å²) < 4.78 is 22.9. The average molecular weight is 278 g/mol. The second kappa shape index (κ2) is 6.29. The Morgan fingerprint density at radius 2 is 2.15 bits per heavy atom. The predicted molar refractivity (Wildman–Crippen MR) is 70.7 cm³/mol. The lowest BCUT2D eigenvalue weighted by Gasteiger charge is -2.10. The topological polar surface area (TPSA) is 64.4 Å². The van der Waals surface area contributed by atoms with Crippen molar-refractivity contribution >= 4 is 5.91 Å². The van der Waals surface area contributed by atoms with Gasteiger partial charge >= 0.3 is 0 Å². The van der Waals surface area contributed by atoms with Crippen molar-refractivity contribution < 1.29 is 18.4 Å². The van der Waals surface area contributed by atoms with E-state index in [-0.39, 0.29) is 23.5 Å². The van der Waals surface area contributed by atoms with Crippen LogP contribution in [0.4, 0.5) is 4.39 Å². The average Bonchev–Trinajstić information content (AvgIpc) is 2.89. The summed E-state index contributed by atoms with van der Waals surface area (Å²) in [6, 6.07) is 7.15. The molecule has 5 nitrogen and oxygen atoms in total. The van der Waals surface area contributed by atoms with Gasteiger partial charge in [0.1, 0.15) is 5.82 Å². The maximum Gasteiger partial charge on any atom is 0.273 e.